The number of likely N-dealkylation sites (N-methyl/N-ethyl adjacent to an activating group) is 1. The van der Waals surface area contributed by atoms with E-state index in [1.54, 1.807) is 16.2 Å². The number of hydrogen-bond acceptors (Lipinski definition) is 5. The Hall–Kier alpha value is -2.25. The van der Waals surface area contributed by atoms with Gasteiger partial charge in [0.1, 0.15) is 5.01 Å². The molecule has 2 aliphatic rings. The van der Waals surface area contributed by atoms with Gasteiger partial charge in [-0.15, -0.1) is 11.3 Å². The summed E-state index contributed by atoms with van der Waals surface area (Å²) in [7, 11) is 3.62. The molecule has 160 valence electrons. The molecule has 6 nitrogen and oxygen atoms in total. The van der Waals surface area contributed by atoms with Crippen LogP contribution >= 0.6 is 11.3 Å². The molecule has 1 unspecified atom stereocenters. The van der Waals surface area contributed by atoms with Crippen molar-refractivity contribution >= 4 is 23.2 Å². The van der Waals surface area contributed by atoms with E-state index in [0.29, 0.717) is 5.56 Å². The van der Waals surface area contributed by atoms with Crippen molar-refractivity contribution in [3.63, 3.8) is 0 Å². The Morgan fingerprint density at radius 1 is 1.27 bits per heavy atom. The maximum absolute atomic E-state index is 13.6. The van der Waals surface area contributed by atoms with E-state index in [1.807, 2.05) is 54.8 Å². The zero-order valence-corrected chi connectivity index (χ0v) is 19.0. The lowest BCUT2D eigenvalue weighted by molar-refractivity contribution is -0.136. The fraction of sp³-hybridized carbons (Fsp3) is 0.522. The van der Waals surface area contributed by atoms with Crippen molar-refractivity contribution in [2.75, 3.05) is 27.2 Å². The number of hydrogen-bond donors (Lipinski definition) is 0. The molecule has 1 spiro atoms. The van der Waals surface area contributed by atoms with E-state index in [2.05, 4.69) is 23.7 Å². The third kappa shape index (κ3) is 3.44. The number of amides is 2. The van der Waals surface area contributed by atoms with Gasteiger partial charge in [-0.1, -0.05) is 18.2 Å². The van der Waals surface area contributed by atoms with Gasteiger partial charge in [-0.25, -0.2) is 4.98 Å². The topological polar surface area (TPSA) is 56.8 Å². The molecule has 0 radical (unpaired) electrons. The van der Waals surface area contributed by atoms with Gasteiger partial charge in [0.2, 0.25) is 5.91 Å². The maximum atomic E-state index is 13.6. The van der Waals surface area contributed by atoms with E-state index in [-0.39, 0.29) is 23.8 Å². The number of rotatable bonds is 4. The van der Waals surface area contributed by atoms with Gasteiger partial charge >= 0.3 is 0 Å². The lowest BCUT2D eigenvalue weighted by Gasteiger charge is -2.56. The number of nitrogens with zero attached hydrogens (tertiary/aromatic N) is 4. The molecule has 0 N–H and O–H groups in total. The molecule has 3 heterocycles. The van der Waals surface area contributed by atoms with Crippen LogP contribution in [0.2, 0.25) is 0 Å². The molecule has 2 amide bonds. The molecule has 0 aliphatic carbocycles. The van der Waals surface area contributed by atoms with Crippen LogP contribution in [0.1, 0.15) is 53.5 Å². The molecule has 0 bridgehead atoms. The average Bonchev–Trinajstić information content (AvgIpc) is 3.22. The Labute approximate surface area is 182 Å². The van der Waals surface area contributed by atoms with Crippen LogP contribution in [0.15, 0.2) is 35.8 Å². The first-order valence-electron chi connectivity index (χ1n) is 10.6. The molecule has 1 aromatic heterocycles. The van der Waals surface area contributed by atoms with Crippen molar-refractivity contribution in [3.8, 4) is 0 Å². The van der Waals surface area contributed by atoms with Crippen LogP contribution in [-0.4, -0.2) is 70.3 Å². The Kier molecular flexibility index (Phi) is 5.68. The zero-order chi connectivity index (χ0) is 21.5. The molecule has 7 heteroatoms. The number of fused-ring (bicyclic) bond motifs is 1. The third-order valence-corrected chi connectivity index (χ3v) is 7.27. The molecule has 2 aliphatic heterocycles. The molecule has 30 heavy (non-hydrogen) atoms. The minimum Gasteiger partial charge on any atom is -0.348 e. The fourth-order valence-corrected chi connectivity index (χ4v) is 5.88. The van der Waals surface area contributed by atoms with Crippen molar-refractivity contribution in [3.05, 3.63) is 52.0 Å². The highest BCUT2D eigenvalue weighted by atomic mass is 32.1. The number of benzene rings is 1. The average molecular weight is 427 g/mol. The Bertz CT molecular complexity index is 917. The van der Waals surface area contributed by atoms with E-state index in [4.69, 9.17) is 0 Å². The van der Waals surface area contributed by atoms with Gasteiger partial charge in [0.05, 0.1) is 18.0 Å². The minimum absolute atomic E-state index is 0.0221. The lowest BCUT2D eigenvalue weighted by atomic mass is 9.66. The van der Waals surface area contributed by atoms with E-state index >= 15 is 0 Å². The van der Waals surface area contributed by atoms with Crippen LogP contribution in [-0.2, 0) is 11.3 Å². The van der Waals surface area contributed by atoms with Gasteiger partial charge in [-0.3, -0.25) is 14.5 Å². The van der Waals surface area contributed by atoms with Crippen molar-refractivity contribution in [2.24, 2.45) is 0 Å². The monoisotopic (exact) mass is 426 g/mol. The van der Waals surface area contributed by atoms with Crippen LogP contribution in [0, 0.1) is 0 Å². The summed E-state index contributed by atoms with van der Waals surface area (Å²) >= 11 is 1.67. The van der Waals surface area contributed by atoms with Crippen molar-refractivity contribution in [2.45, 2.75) is 50.7 Å². The SMILES string of the molecule is CC(C)N1C(=O)c2ccccc2C(C(=O)N(C)C)C12CCN(Cc1nccs1)CC2. The van der Waals surface area contributed by atoms with E-state index in [1.165, 1.54) is 0 Å². The highest BCUT2D eigenvalue weighted by molar-refractivity contribution is 7.09. The molecule has 0 saturated carbocycles. The maximum Gasteiger partial charge on any atom is 0.254 e. The van der Waals surface area contributed by atoms with Crippen molar-refractivity contribution < 1.29 is 9.59 Å². The Balaban J connectivity index is 1.74. The summed E-state index contributed by atoms with van der Waals surface area (Å²) in [6, 6.07) is 7.70. The minimum atomic E-state index is -0.500. The molecule has 1 saturated heterocycles. The second-order valence-electron chi connectivity index (χ2n) is 8.83. The molecule has 2 aromatic rings. The summed E-state index contributed by atoms with van der Waals surface area (Å²) in [5.74, 6) is -0.212. The highest BCUT2D eigenvalue weighted by Crippen LogP contribution is 2.48. The molecular weight excluding hydrogens is 396 g/mol. The molecule has 1 aromatic carbocycles. The first kappa shape index (κ1) is 21.0. The van der Waals surface area contributed by atoms with Crippen LogP contribution in [0.25, 0.3) is 0 Å². The van der Waals surface area contributed by atoms with Gasteiger partial charge in [0, 0.05) is 50.4 Å². The number of carbonyl (C=O) groups excluding carboxylic acids is 2. The van der Waals surface area contributed by atoms with Gasteiger partial charge < -0.3 is 9.80 Å². The Morgan fingerprint density at radius 3 is 2.57 bits per heavy atom. The number of thiazole rings is 1. The van der Waals surface area contributed by atoms with Gasteiger partial charge in [-0.05, 0) is 38.3 Å². The number of piperidine rings is 1. The number of carbonyl (C=O) groups is 2. The van der Waals surface area contributed by atoms with E-state index in [9.17, 15) is 9.59 Å². The number of aromatic nitrogens is 1. The molecular formula is C23H30N4O2S. The van der Waals surface area contributed by atoms with Crippen molar-refractivity contribution in [1.82, 2.24) is 19.7 Å². The quantitative estimate of drug-likeness (QED) is 0.753. The summed E-state index contributed by atoms with van der Waals surface area (Å²) in [6.07, 6.45) is 3.40. The third-order valence-electron chi connectivity index (χ3n) is 6.51. The smallest absolute Gasteiger partial charge is 0.254 e. The zero-order valence-electron chi connectivity index (χ0n) is 18.2. The summed E-state index contributed by atoms with van der Waals surface area (Å²) in [5.41, 5.74) is 1.05. The van der Waals surface area contributed by atoms with Crippen LogP contribution in [0.5, 0.6) is 0 Å². The van der Waals surface area contributed by atoms with Crippen LogP contribution < -0.4 is 0 Å². The fourth-order valence-electron chi connectivity index (χ4n) is 5.22. The lowest BCUT2D eigenvalue weighted by Crippen LogP contribution is -2.66. The van der Waals surface area contributed by atoms with E-state index < -0.39 is 5.54 Å². The summed E-state index contributed by atoms with van der Waals surface area (Å²) < 4.78 is 0. The van der Waals surface area contributed by atoms with Gasteiger partial charge in [0.15, 0.2) is 0 Å². The predicted octanol–water partition coefficient (Wildman–Crippen LogP) is 3.21. The molecule has 4 rings (SSSR count). The summed E-state index contributed by atoms with van der Waals surface area (Å²) in [4.78, 5) is 37.6. The van der Waals surface area contributed by atoms with Gasteiger partial charge in [0.25, 0.3) is 5.91 Å². The standard InChI is InChI=1S/C23H30N4O2S/c1-16(2)27-21(28)18-8-6-5-7-17(18)20(22(29)25(3)4)23(27)9-12-26(13-10-23)15-19-24-11-14-30-19/h5-8,11,14,16,20H,9-10,12-13,15H2,1-4H3. The second kappa shape index (κ2) is 8.12. The summed E-state index contributed by atoms with van der Waals surface area (Å²) in [6.45, 7) is 6.64. The molecule has 1 atom stereocenters. The first-order chi connectivity index (χ1) is 14.3. The van der Waals surface area contributed by atoms with Crippen LogP contribution in [0.3, 0.4) is 0 Å². The first-order valence-corrected chi connectivity index (χ1v) is 11.5. The highest BCUT2D eigenvalue weighted by Gasteiger charge is 2.56. The Morgan fingerprint density at radius 2 is 1.97 bits per heavy atom. The second-order valence-corrected chi connectivity index (χ2v) is 9.81. The molecule has 1 fully saturated rings. The number of likely N-dealkylation sites (tertiary alicyclic amines) is 1. The van der Waals surface area contributed by atoms with Gasteiger partial charge in [-0.2, -0.15) is 0 Å². The van der Waals surface area contributed by atoms with E-state index in [0.717, 1.165) is 43.0 Å². The predicted molar refractivity (Wildman–Crippen MR) is 119 cm³/mol. The van der Waals surface area contributed by atoms with Crippen LogP contribution in [0.4, 0.5) is 0 Å². The van der Waals surface area contributed by atoms with Crippen molar-refractivity contribution in [1.29, 1.82) is 0 Å². The summed E-state index contributed by atoms with van der Waals surface area (Å²) in [5, 5.41) is 3.11. The largest absolute Gasteiger partial charge is 0.348 e. The normalized spacial score (nSPS) is 21.2.